The van der Waals surface area contributed by atoms with Crippen LogP contribution in [-0.4, -0.2) is 4.98 Å². The third-order valence-corrected chi connectivity index (χ3v) is 2.93. The first-order chi connectivity index (χ1) is 9.38. The van der Waals surface area contributed by atoms with Crippen LogP contribution in [0, 0.1) is 0 Å². The monoisotopic (exact) mass is 250 g/mol. The second-order valence-electron chi connectivity index (χ2n) is 4.25. The van der Waals surface area contributed by atoms with E-state index in [1.54, 1.807) is 6.08 Å². The lowest BCUT2D eigenvalue weighted by Gasteiger charge is -1.95. The van der Waals surface area contributed by atoms with Gasteiger partial charge in [-0.1, -0.05) is 24.3 Å². The standard InChI is InChI=1S/C15H10N2O2/c1-3-7-12-10(5-1)16-14(18-12)9-15-17-11-6-2-4-8-13(11)19-15/h1-9,16H/b14-9-. The molecule has 1 aromatic heterocycles. The molecule has 0 bridgehead atoms. The Kier molecular flexibility index (Phi) is 2.08. The number of hydrogen-bond acceptors (Lipinski definition) is 4. The lowest BCUT2D eigenvalue weighted by atomic mass is 10.3. The summed E-state index contributed by atoms with van der Waals surface area (Å²) in [5, 5.41) is 3.17. The van der Waals surface area contributed by atoms with E-state index in [-0.39, 0.29) is 0 Å². The molecule has 1 aliphatic rings. The Hall–Kier alpha value is -2.75. The zero-order chi connectivity index (χ0) is 12.7. The van der Waals surface area contributed by atoms with Gasteiger partial charge in [-0.15, -0.1) is 0 Å². The van der Waals surface area contributed by atoms with E-state index >= 15 is 0 Å². The normalized spacial score (nSPS) is 15.3. The molecule has 0 saturated heterocycles. The van der Waals surface area contributed by atoms with Crippen LogP contribution >= 0.6 is 0 Å². The molecule has 3 aromatic rings. The van der Waals surface area contributed by atoms with Crippen molar-refractivity contribution in [3.8, 4) is 5.75 Å². The average Bonchev–Trinajstić information content (AvgIpc) is 3.00. The van der Waals surface area contributed by atoms with E-state index < -0.39 is 0 Å². The molecule has 4 rings (SSSR count). The van der Waals surface area contributed by atoms with Gasteiger partial charge in [-0.25, -0.2) is 4.98 Å². The number of benzene rings is 2. The smallest absolute Gasteiger partial charge is 0.225 e. The molecule has 2 heterocycles. The maximum Gasteiger partial charge on any atom is 0.225 e. The van der Waals surface area contributed by atoms with E-state index in [1.165, 1.54) is 0 Å². The molecule has 0 fully saturated rings. The second-order valence-corrected chi connectivity index (χ2v) is 4.25. The van der Waals surface area contributed by atoms with Crippen molar-refractivity contribution in [1.29, 1.82) is 0 Å². The quantitative estimate of drug-likeness (QED) is 0.716. The first kappa shape index (κ1) is 10.2. The Balaban J connectivity index is 1.70. The number of ether oxygens (including phenoxy) is 1. The fourth-order valence-corrected chi connectivity index (χ4v) is 2.07. The van der Waals surface area contributed by atoms with Gasteiger partial charge in [0.15, 0.2) is 11.3 Å². The van der Waals surface area contributed by atoms with Crippen LogP contribution in [0.2, 0.25) is 0 Å². The summed E-state index contributed by atoms with van der Waals surface area (Å²) in [6, 6.07) is 15.4. The van der Waals surface area contributed by atoms with Crippen molar-refractivity contribution in [1.82, 2.24) is 4.98 Å². The number of anilines is 1. The molecule has 0 saturated carbocycles. The minimum Gasteiger partial charge on any atom is -0.439 e. The van der Waals surface area contributed by atoms with E-state index in [1.807, 2.05) is 48.5 Å². The predicted molar refractivity (Wildman–Crippen MR) is 72.7 cm³/mol. The van der Waals surface area contributed by atoms with Crippen molar-refractivity contribution in [3.05, 3.63) is 60.3 Å². The summed E-state index contributed by atoms with van der Waals surface area (Å²) in [6.45, 7) is 0. The second kappa shape index (κ2) is 3.88. The minimum atomic E-state index is 0.525. The summed E-state index contributed by atoms with van der Waals surface area (Å²) in [5.41, 5.74) is 2.56. The van der Waals surface area contributed by atoms with Crippen LogP contribution in [-0.2, 0) is 0 Å². The number of aromatic nitrogens is 1. The van der Waals surface area contributed by atoms with E-state index in [2.05, 4.69) is 10.3 Å². The maximum absolute atomic E-state index is 5.66. The highest BCUT2D eigenvalue weighted by molar-refractivity contribution is 5.74. The molecule has 0 radical (unpaired) electrons. The van der Waals surface area contributed by atoms with Crippen LogP contribution in [0.15, 0.2) is 58.8 Å². The molecule has 1 aliphatic heterocycles. The van der Waals surface area contributed by atoms with Crippen LogP contribution in [0.5, 0.6) is 5.75 Å². The predicted octanol–water partition coefficient (Wildman–Crippen LogP) is 3.63. The number of rotatable bonds is 1. The van der Waals surface area contributed by atoms with Crippen LogP contribution in [0.1, 0.15) is 5.89 Å². The zero-order valence-electron chi connectivity index (χ0n) is 9.96. The molecule has 0 atom stereocenters. The van der Waals surface area contributed by atoms with Gasteiger partial charge in [0.25, 0.3) is 0 Å². The van der Waals surface area contributed by atoms with E-state index in [0.29, 0.717) is 11.8 Å². The maximum atomic E-state index is 5.66. The fraction of sp³-hybridized carbons (Fsp3) is 0. The average molecular weight is 250 g/mol. The molecule has 0 unspecified atom stereocenters. The van der Waals surface area contributed by atoms with E-state index in [4.69, 9.17) is 9.15 Å². The Morgan fingerprint density at radius 3 is 2.74 bits per heavy atom. The van der Waals surface area contributed by atoms with E-state index in [0.717, 1.165) is 22.5 Å². The van der Waals surface area contributed by atoms with Crippen molar-refractivity contribution >= 4 is 22.9 Å². The largest absolute Gasteiger partial charge is 0.439 e. The molecule has 4 heteroatoms. The molecule has 0 spiro atoms. The lowest BCUT2D eigenvalue weighted by Crippen LogP contribution is -1.95. The molecule has 92 valence electrons. The highest BCUT2D eigenvalue weighted by atomic mass is 16.5. The van der Waals surface area contributed by atoms with Gasteiger partial charge in [-0.2, -0.15) is 0 Å². The summed E-state index contributed by atoms with van der Waals surface area (Å²) in [7, 11) is 0. The van der Waals surface area contributed by atoms with Gasteiger partial charge in [0.05, 0.1) is 11.8 Å². The molecule has 1 N–H and O–H groups in total. The van der Waals surface area contributed by atoms with Crippen molar-refractivity contribution in [2.75, 3.05) is 5.32 Å². The third kappa shape index (κ3) is 1.74. The molecule has 4 nitrogen and oxygen atoms in total. The van der Waals surface area contributed by atoms with Gasteiger partial charge < -0.3 is 14.5 Å². The number of hydrogen-bond donors (Lipinski definition) is 1. The van der Waals surface area contributed by atoms with Crippen LogP contribution in [0.4, 0.5) is 5.69 Å². The van der Waals surface area contributed by atoms with Gasteiger partial charge in [-0.3, -0.25) is 0 Å². The molecule has 0 aliphatic carbocycles. The third-order valence-electron chi connectivity index (χ3n) is 2.93. The van der Waals surface area contributed by atoms with Gasteiger partial charge in [0.1, 0.15) is 5.52 Å². The highest BCUT2D eigenvalue weighted by Gasteiger charge is 2.16. The molecule has 2 aromatic carbocycles. The topological polar surface area (TPSA) is 47.3 Å². The van der Waals surface area contributed by atoms with Gasteiger partial charge in [-0.05, 0) is 24.3 Å². The van der Waals surface area contributed by atoms with Crippen LogP contribution in [0.3, 0.4) is 0 Å². The van der Waals surface area contributed by atoms with Gasteiger partial charge >= 0.3 is 0 Å². The highest BCUT2D eigenvalue weighted by Crippen LogP contribution is 2.33. The molecular weight excluding hydrogens is 240 g/mol. The molecule has 19 heavy (non-hydrogen) atoms. The summed E-state index contributed by atoms with van der Waals surface area (Å²) >= 11 is 0. The van der Waals surface area contributed by atoms with Crippen molar-refractivity contribution < 1.29 is 9.15 Å². The summed E-state index contributed by atoms with van der Waals surface area (Å²) in [4.78, 5) is 4.38. The number of para-hydroxylation sites is 4. The zero-order valence-corrected chi connectivity index (χ0v) is 9.96. The lowest BCUT2D eigenvalue weighted by molar-refractivity contribution is 0.459. The number of fused-ring (bicyclic) bond motifs is 2. The van der Waals surface area contributed by atoms with E-state index in [9.17, 15) is 0 Å². The Labute approximate surface area is 109 Å². The Morgan fingerprint density at radius 2 is 1.84 bits per heavy atom. The van der Waals surface area contributed by atoms with Crippen molar-refractivity contribution in [2.45, 2.75) is 0 Å². The summed E-state index contributed by atoms with van der Waals surface area (Å²) < 4.78 is 11.3. The van der Waals surface area contributed by atoms with Gasteiger partial charge in [0.2, 0.25) is 11.8 Å². The molecule has 0 amide bonds. The number of nitrogens with one attached hydrogen (secondary N) is 1. The van der Waals surface area contributed by atoms with Crippen LogP contribution < -0.4 is 10.1 Å². The Bertz CT molecular complexity index is 729. The summed E-state index contributed by atoms with van der Waals surface area (Å²) in [6.07, 6.45) is 1.75. The van der Waals surface area contributed by atoms with Gasteiger partial charge in [0, 0.05) is 0 Å². The SMILES string of the molecule is C(=C1\Nc2ccccc2O1)/c1nc2ccccc2o1. The molecular formula is C15H10N2O2. The van der Waals surface area contributed by atoms with Crippen molar-refractivity contribution in [2.24, 2.45) is 0 Å². The fourth-order valence-electron chi connectivity index (χ4n) is 2.07. The first-order valence-corrected chi connectivity index (χ1v) is 6.00. The Morgan fingerprint density at radius 1 is 1.00 bits per heavy atom. The summed E-state index contributed by atoms with van der Waals surface area (Å²) in [5.74, 6) is 1.95. The minimum absolute atomic E-state index is 0.525. The van der Waals surface area contributed by atoms with Crippen LogP contribution in [0.25, 0.3) is 17.2 Å². The first-order valence-electron chi connectivity index (χ1n) is 6.00. The van der Waals surface area contributed by atoms with Crippen molar-refractivity contribution in [3.63, 3.8) is 0 Å². The number of oxazole rings is 1. The number of nitrogens with zero attached hydrogens (tertiary/aromatic N) is 1.